The number of hydrogen-bond donors (Lipinski definition) is 2. The van der Waals surface area contributed by atoms with Gasteiger partial charge < -0.3 is 9.84 Å². The van der Waals surface area contributed by atoms with Gasteiger partial charge in [0.05, 0.1) is 7.11 Å². The van der Waals surface area contributed by atoms with Crippen LogP contribution in [0.3, 0.4) is 0 Å². The summed E-state index contributed by atoms with van der Waals surface area (Å²) in [5.41, 5.74) is 1.65. The summed E-state index contributed by atoms with van der Waals surface area (Å²) in [6.07, 6.45) is 0. The van der Waals surface area contributed by atoms with Gasteiger partial charge in [-0.1, -0.05) is 24.3 Å². The molecule has 0 atom stereocenters. The summed E-state index contributed by atoms with van der Waals surface area (Å²) in [4.78, 5) is 4.43. The molecule has 0 aliphatic rings. The minimum absolute atomic E-state index is 0.190. The van der Waals surface area contributed by atoms with Crippen LogP contribution in [0.1, 0.15) is 0 Å². The standard InChI is InChI=1S/C15H13N3O2/c1-20-13-7-3-5-11(9-13)15-16-14(17-18-15)10-4-2-6-12(19)8-10/h2-9,19H,1H3,(H,16,17,18). The highest BCUT2D eigenvalue weighted by Crippen LogP contribution is 2.24. The van der Waals surface area contributed by atoms with Gasteiger partial charge in [0.2, 0.25) is 0 Å². The van der Waals surface area contributed by atoms with E-state index in [1.54, 1.807) is 25.3 Å². The quantitative estimate of drug-likeness (QED) is 0.765. The summed E-state index contributed by atoms with van der Waals surface area (Å²) in [5.74, 6) is 2.15. The van der Waals surface area contributed by atoms with Crippen molar-refractivity contribution in [2.24, 2.45) is 0 Å². The van der Waals surface area contributed by atoms with Crippen LogP contribution in [0.5, 0.6) is 11.5 Å². The number of aromatic hydroxyl groups is 1. The zero-order valence-corrected chi connectivity index (χ0v) is 10.9. The van der Waals surface area contributed by atoms with Crippen LogP contribution in [0.4, 0.5) is 0 Å². The Morgan fingerprint density at radius 3 is 2.65 bits per heavy atom. The van der Waals surface area contributed by atoms with Crippen molar-refractivity contribution >= 4 is 0 Å². The number of nitrogens with zero attached hydrogens (tertiary/aromatic N) is 2. The van der Waals surface area contributed by atoms with Crippen LogP contribution in [0.25, 0.3) is 22.8 Å². The fourth-order valence-corrected chi connectivity index (χ4v) is 1.94. The molecular formula is C15H13N3O2. The largest absolute Gasteiger partial charge is 0.508 e. The Hall–Kier alpha value is -2.82. The van der Waals surface area contributed by atoms with Gasteiger partial charge in [-0.15, -0.1) is 0 Å². The smallest absolute Gasteiger partial charge is 0.181 e. The van der Waals surface area contributed by atoms with Gasteiger partial charge in [0, 0.05) is 11.1 Å². The third-order valence-corrected chi connectivity index (χ3v) is 2.93. The zero-order valence-electron chi connectivity index (χ0n) is 10.9. The van der Waals surface area contributed by atoms with Crippen molar-refractivity contribution in [3.05, 3.63) is 48.5 Å². The summed E-state index contributed by atoms with van der Waals surface area (Å²) in [6.45, 7) is 0. The first-order valence-electron chi connectivity index (χ1n) is 6.12. The van der Waals surface area contributed by atoms with E-state index in [4.69, 9.17) is 4.74 Å². The molecule has 5 nitrogen and oxygen atoms in total. The number of aromatic amines is 1. The third kappa shape index (κ3) is 2.33. The molecular weight excluding hydrogens is 254 g/mol. The lowest BCUT2D eigenvalue weighted by molar-refractivity contribution is 0.415. The van der Waals surface area contributed by atoms with Crippen molar-refractivity contribution in [2.75, 3.05) is 7.11 Å². The van der Waals surface area contributed by atoms with E-state index in [2.05, 4.69) is 15.2 Å². The van der Waals surface area contributed by atoms with E-state index in [-0.39, 0.29) is 5.75 Å². The van der Waals surface area contributed by atoms with Crippen molar-refractivity contribution < 1.29 is 9.84 Å². The molecule has 0 amide bonds. The lowest BCUT2D eigenvalue weighted by Crippen LogP contribution is -1.85. The van der Waals surface area contributed by atoms with E-state index in [9.17, 15) is 5.11 Å². The van der Waals surface area contributed by atoms with E-state index < -0.39 is 0 Å². The topological polar surface area (TPSA) is 71.0 Å². The van der Waals surface area contributed by atoms with Crippen LogP contribution in [0.2, 0.25) is 0 Å². The average molecular weight is 267 g/mol. The van der Waals surface area contributed by atoms with Gasteiger partial charge in [0.1, 0.15) is 11.5 Å². The second-order valence-electron chi connectivity index (χ2n) is 4.29. The Morgan fingerprint density at radius 2 is 1.85 bits per heavy atom. The summed E-state index contributed by atoms with van der Waals surface area (Å²) in [5, 5.41) is 16.5. The van der Waals surface area contributed by atoms with Gasteiger partial charge in [-0.25, -0.2) is 4.98 Å². The van der Waals surface area contributed by atoms with Gasteiger partial charge in [0.15, 0.2) is 11.6 Å². The molecule has 0 saturated carbocycles. The third-order valence-electron chi connectivity index (χ3n) is 2.93. The molecule has 5 heteroatoms. The maximum atomic E-state index is 9.48. The first-order chi connectivity index (χ1) is 9.76. The minimum Gasteiger partial charge on any atom is -0.508 e. The van der Waals surface area contributed by atoms with Crippen molar-refractivity contribution in [1.29, 1.82) is 0 Å². The number of benzene rings is 2. The fraction of sp³-hybridized carbons (Fsp3) is 0.0667. The Kier molecular flexibility index (Phi) is 3.09. The highest BCUT2D eigenvalue weighted by Gasteiger charge is 2.08. The lowest BCUT2D eigenvalue weighted by Gasteiger charge is -2.00. The molecule has 0 aliphatic heterocycles. The first kappa shape index (κ1) is 12.2. The second-order valence-corrected chi connectivity index (χ2v) is 4.29. The van der Waals surface area contributed by atoms with Crippen molar-refractivity contribution in [3.8, 4) is 34.3 Å². The van der Waals surface area contributed by atoms with Crippen molar-refractivity contribution in [3.63, 3.8) is 0 Å². The van der Waals surface area contributed by atoms with Crippen molar-refractivity contribution in [1.82, 2.24) is 15.2 Å². The molecule has 0 fully saturated rings. The number of phenolic OH excluding ortho intramolecular Hbond substituents is 1. The van der Waals surface area contributed by atoms with E-state index >= 15 is 0 Å². The Balaban J connectivity index is 1.97. The molecule has 0 aliphatic carbocycles. The predicted octanol–water partition coefficient (Wildman–Crippen LogP) is 2.85. The van der Waals surface area contributed by atoms with Gasteiger partial charge in [-0.3, -0.25) is 5.10 Å². The lowest BCUT2D eigenvalue weighted by atomic mass is 10.2. The number of hydrogen-bond acceptors (Lipinski definition) is 4. The summed E-state index contributed by atoms with van der Waals surface area (Å²) in [6, 6.07) is 14.4. The van der Waals surface area contributed by atoms with Crippen LogP contribution in [-0.4, -0.2) is 27.4 Å². The summed E-state index contributed by atoms with van der Waals surface area (Å²) in [7, 11) is 1.62. The highest BCUT2D eigenvalue weighted by molar-refractivity contribution is 5.63. The number of ether oxygens (including phenoxy) is 1. The summed E-state index contributed by atoms with van der Waals surface area (Å²) < 4.78 is 5.19. The molecule has 0 saturated heterocycles. The molecule has 2 N–H and O–H groups in total. The number of nitrogens with one attached hydrogen (secondary N) is 1. The monoisotopic (exact) mass is 267 g/mol. The van der Waals surface area contributed by atoms with Crippen LogP contribution in [-0.2, 0) is 0 Å². The molecule has 2 aromatic carbocycles. The zero-order chi connectivity index (χ0) is 13.9. The van der Waals surface area contributed by atoms with Crippen LogP contribution in [0, 0.1) is 0 Å². The number of rotatable bonds is 3. The molecule has 0 unspecified atom stereocenters. The molecule has 1 heterocycles. The molecule has 3 rings (SSSR count). The minimum atomic E-state index is 0.190. The van der Waals surface area contributed by atoms with Crippen LogP contribution in [0.15, 0.2) is 48.5 Å². The molecule has 3 aromatic rings. The fourth-order valence-electron chi connectivity index (χ4n) is 1.94. The van der Waals surface area contributed by atoms with Crippen LogP contribution < -0.4 is 4.74 Å². The average Bonchev–Trinajstić information content (AvgIpc) is 2.97. The van der Waals surface area contributed by atoms with E-state index in [1.165, 1.54) is 0 Å². The Labute approximate surface area is 115 Å². The normalized spacial score (nSPS) is 10.4. The number of H-pyrrole nitrogens is 1. The van der Waals surface area contributed by atoms with Gasteiger partial charge in [0.25, 0.3) is 0 Å². The van der Waals surface area contributed by atoms with E-state index in [0.717, 1.165) is 16.9 Å². The SMILES string of the molecule is COc1cccc(-c2nc(-c3cccc(O)c3)n[nH]2)c1. The maximum Gasteiger partial charge on any atom is 0.181 e. The Bertz CT molecular complexity index is 737. The van der Waals surface area contributed by atoms with Gasteiger partial charge in [-0.05, 0) is 24.3 Å². The van der Waals surface area contributed by atoms with Gasteiger partial charge >= 0.3 is 0 Å². The Morgan fingerprint density at radius 1 is 1.05 bits per heavy atom. The molecule has 1 aromatic heterocycles. The molecule has 0 spiro atoms. The molecule has 0 radical (unpaired) electrons. The van der Waals surface area contributed by atoms with Gasteiger partial charge in [-0.2, -0.15) is 5.10 Å². The van der Waals surface area contributed by atoms with Crippen LogP contribution >= 0.6 is 0 Å². The first-order valence-corrected chi connectivity index (χ1v) is 6.12. The highest BCUT2D eigenvalue weighted by atomic mass is 16.5. The van der Waals surface area contributed by atoms with E-state index in [1.807, 2.05) is 30.3 Å². The second kappa shape index (κ2) is 5.05. The van der Waals surface area contributed by atoms with Crippen molar-refractivity contribution in [2.45, 2.75) is 0 Å². The number of phenols is 1. The summed E-state index contributed by atoms with van der Waals surface area (Å²) >= 11 is 0. The number of methoxy groups -OCH3 is 1. The number of aromatic nitrogens is 3. The molecule has 0 bridgehead atoms. The molecule has 20 heavy (non-hydrogen) atoms. The maximum absolute atomic E-state index is 9.48. The van der Waals surface area contributed by atoms with E-state index in [0.29, 0.717) is 11.6 Å². The predicted molar refractivity (Wildman–Crippen MR) is 75.5 cm³/mol. The molecule has 100 valence electrons.